The highest BCUT2D eigenvalue weighted by molar-refractivity contribution is 4.98. The molecule has 0 aliphatic carbocycles. The summed E-state index contributed by atoms with van der Waals surface area (Å²) in [6.07, 6.45) is 4.61. The summed E-state index contributed by atoms with van der Waals surface area (Å²) in [5, 5.41) is 0. The number of rotatable bonds is 3. The SMILES string of the molecule is CC(N)C1CCN(Cc2ccncn2)C1. The van der Waals surface area contributed by atoms with Crippen LogP contribution in [-0.4, -0.2) is 34.0 Å². The molecule has 1 saturated heterocycles. The molecule has 0 amide bonds. The molecule has 1 aromatic heterocycles. The van der Waals surface area contributed by atoms with E-state index in [1.54, 1.807) is 12.5 Å². The molecule has 1 aromatic rings. The first-order valence-electron chi connectivity index (χ1n) is 5.48. The summed E-state index contributed by atoms with van der Waals surface area (Å²) >= 11 is 0. The fourth-order valence-corrected chi connectivity index (χ4v) is 2.08. The van der Waals surface area contributed by atoms with Crippen LogP contribution in [0.5, 0.6) is 0 Å². The molecule has 15 heavy (non-hydrogen) atoms. The molecule has 1 aliphatic rings. The minimum absolute atomic E-state index is 0.306. The Morgan fingerprint density at radius 3 is 3.13 bits per heavy atom. The van der Waals surface area contributed by atoms with E-state index in [4.69, 9.17) is 5.73 Å². The smallest absolute Gasteiger partial charge is 0.115 e. The topological polar surface area (TPSA) is 55.0 Å². The fraction of sp³-hybridized carbons (Fsp3) is 0.636. The molecule has 2 heterocycles. The van der Waals surface area contributed by atoms with E-state index < -0.39 is 0 Å². The maximum absolute atomic E-state index is 5.90. The van der Waals surface area contributed by atoms with Gasteiger partial charge in [-0.3, -0.25) is 4.90 Å². The molecule has 0 bridgehead atoms. The van der Waals surface area contributed by atoms with E-state index >= 15 is 0 Å². The molecule has 1 aliphatic heterocycles. The second kappa shape index (κ2) is 4.68. The Hall–Kier alpha value is -1.00. The van der Waals surface area contributed by atoms with E-state index in [0.717, 1.165) is 25.3 Å². The molecule has 4 heteroatoms. The third kappa shape index (κ3) is 2.73. The number of hydrogen-bond acceptors (Lipinski definition) is 4. The van der Waals surface area contributed by atoms with Crippen molar-refractivity contribution in [1.29, 1.82) is 0 Å². The Bertz CT molecular complexity index is 299. The van der Waals surface area contributed by atoms with Crippen LogP contribution in [-0.2, 0) is 6.54 Å². The van der Waals surface area contributed by atoms with Crippen molar-refractivity contribution < 1.29 is 0 Å². The quantitative estimate of drug-likeness (QED) is 0.788. The van der Waals surface area contributed by atoms with Crippen LogP contribution in [0.4, 0.5) is 0 Å². The maximum Gasteiger partial charge on any atom is 0.115 e. The molecule has 4 nitrogen and oxygen atoms in total. The summed E-state index contributed by atoms with van der Waals surface area (Å²) in [5.41, 5.74) is 6.99. The lowest BCUT2D eigenvalue weighted by Crippen LogP contribution is -2.29. The molecule has 0 aromatic carbocycles. The highest BCUT2D eigenvalue weighted by atomic mass is 15.2. The monoisotopic (exact) mass is 206 g/mol. The highest BCUT2D eigenvalue weighted by Gasteiger charge is 2.25. The van der Waals surface area contributed by atoms with Gasteiger partial charge in [0.1, 0.15) is 6.33 Å². The summed E-state index contributed by atoms with van der Waals surface area (Å²) in [6, 6.07) is 2.28. The third-order valence-electron chi connectivity index (χ3n) is 3.08. The van der Waals surface area contributed by atoms with Crippen LogP contribution in [0.2, 0.25) is 0 Å². The maximum atomic E-state index is 5.90. The van der Waals surface area contributed by atoms with Gasteiger partial charge in [0, 0.05) is 25.3 Å². The van der Waals surface area contributed by atoms with Gasteiger partial charge in [-0.1, -0.05) is 0 Å². The summed E-state index contributed by atoms with van der Waals surface area (Å²) in [5.74, 6) is 0.645. The lowest BCUT2D eigenvalue weighted by molar-refractivity contribution is 0.305. The third-order valence-corrected chi connectivity index (χ3v) is 3.08. The lowest BCUT2D eigenvalue weighted by Gasteiger charge is -2.17. The second-order valence-corrected chi connectivity index (χ2v) is 4.34. The average molecular weight is 206 g/mol. The molecule has 1 fully saturated rings. The zero-order valence-electron chi connectivity index (χ0n) is 9.13. The van der Waals surface area contributed by atoms with E-state index in [-0.39, 0.29) is 0 Å². The standard InChI is InChI=1S/C11H18N4/c1-9(12)10-3-5-15(6-10)7-11-2-4-13-8-14-11/h2,4,8-10H,3,5-7,12H2,1H3. The Morgan fingerprint density at radius 1 is 1.67 bits per heavy atom. The first-order valence-corrected chi connectivity index (χ1v) is 5.48. The normalized spacial score (nSPS) is 24.3. The number of hydrogen-bond donors (Lipinski definition) is 1. The summed E-state index contributed by atoms with van der Waals surface area (Å²) in [6.45, 7) is 5.25. The van der Waals surface area contributed by atoms with Crippen molar-refractivity contribution in [2.45, 2.75) is 25.9 Å². The van der Waals surface area contributed by atoms with Gasteiger partial charge >= 0.3 is 0 Å². The van der Waals surface area contributed by atoms with E-state index in [9.17, 15) is 0 Å². The van der Waals surface area contributed by atoms with E-state index in [0.29, 0.717) is 12.0 Å². The molecule has 2 atom stereocenters. The Morgan fingerprint density at radius 2 is 2.53 bits per heavy atom. The number of nitrogens with zero attached hydrogens (tertiary/aromatic N) is 3. The van der Waals surface area contributed by atoms with Crippen LogP contribution in [0.3, 0.4) is 0 Å². The second-order valence-electron chi connectivity index (χ2n) is 4.34. The van der Waals surface area contributed by atoms with Gasteiger partial charge in [0.2, 0.25) is 0 Å². The van der Waals surface area contributed by atoms with Crippen molar-refractivity contribution in [3.63, 3.8) is 0 Å². The fourth-order valence-electron chi connectivity index (χ4n) is 2.08. The van der Waals surface area contributed by atoms with Crippen LogP contribution >= 0.6 is 0 Å². The van der Waals surface area contributed by atoms with Crippen LogP contribution in [0.1, 0.15) is 19.0 Å². The molecule has 2 rings (SSSR count). The largest absolute Gasteiger partial charge is 0.328 e. The van der Waals surface area contributed by atoms with Crippen LogP contribution < -0.4 is 5.73 Å². The predicted octanol–water partition coefficient (Wildman–Crippen LogP) is 0.646. The number of aromatic nitrogens is 2. The van der Waals surface area contributed by atoms with E-state index in [1.165, 1.54) is 6.42 Å². The van der Waals surface area contributed by atoms with Crippen molar-refractivity contribution in [1.82, 2.24) is 14.9 Å². The number of nitrogens with two attached hydrogens (primary N) is 1. The molecule has 0 spiro atoms. The molecule has 2 unspecified atom stereocenters. The zero-order chi connectivity index (χ0) is 10.7. The van der Waals surface area contributed by atoms with Crippen LogP contribution in [0.25, 0.3) is 0 Å². The minimum Gasteiger partial charge on any atom is -0.328 e. The van der Waals surface area contributed by atoms with Crippen molar-refractivity contribution in [3.8, 4) is 0 Å². The van der Waals surface area contributed by atoms with Crippen molar-refractivity contribution in [2.75, 3.05) is 13.1 Å². The van der Waals surface area contributed by atoms with Gasteiger partial charge in [0.05, 0.1) is 5.69 Å². The summed E-state index contributed by atoms with van der Waals surface area (Å²) < 4.78 is 0. The van der Waals surface area contributed by atoms with Gasteiger partial charge in [-0.15, -0.1) is 0 Å². The Balaban J connectivity index is 1.88. The summed E-state index contributed by atoms with van der Waals surface area (Å²) in [7, 11) is 0. The number of likely N-dealkylation sites (tertiary alicyclic amines) is 1. The first-order chi connectivity index (χ1) is 7.25. The van der Waals surface area contributed by atoms with Gasteiger partial charge < -0.3 is 5.73 Å². The lowest BCUT2D eigenvalue weighted by atomic mass is 10.0. The van der Waals surface area contributed by atoms with Crippen molar-refractivity contribution in [2.24, 2.45) is 11.7 Å². The first kappa shape index (κ1) is 10.5. The van der Waals surface area contributed by atoms with Gasteiger partial charge in [-0.05, 0) is 31.9 Å². The average Bonchev–Trinajstić information content (AvgIpc) is 2.68. The molecule has 0 saturated carbocycles. The summed E-state index contributed by atoms with van der Waals surface area (Å²) in [4.78, 5) is 10.6. The Labute approximate surface area is 90.5 Å². The van der Waals surface area contributed by atoms with E-state index in [1.807, 2.05) is 6.07 Å². The van der Waals surface area contributed by atoms with E-state index in [2.05, 4.69) is 21.8 Å². The highest BCUT2D eigenvalue weighted by Crippen LogP contribution is 2.19. The van der Waals surface area contributed by atoms with Crippen molar-refractivity contribution >= 4 is 0 Å². The van der Waals surface area contributed by atoms with Crippen LogP contribution in [0, 0.1) is 5.92 Å². The van der Waals surface area contributed by atoms with Gasteiger partial charge in [0.25, 0.3) is 0 Å². The zero-order valence-corrected chi connectivity index (χ0v) is 9.13. The van der Waals surface area contributed by atoms with Gasteiger partial charge in [-0.2, -0.15) is 0 Å². The molecule has 82 valence electrons. The molecular formula is C11H18N4. The molecular weight excluding hydrogens is 188 g/mol. The molecule has 2 N–H and O–H groups in total. The minimum atomic E-state index is 0.306. The Kier molecular flexibility index (Phi) is 3.28. The molecule has 0 radical (unpaired) electrons. The van der Waals surface area contributed by atoms with Gasteiger partial charge in [-0.25, -0.2) is 9.97 Å². The van der Waals surface area contributed by atoms with Crippen molar-refractivity contribution in [3.05, 3.63) is 24.3 Å². The predicted molar refractivity (Wildman–Crippen MR) is 59.1 cm³/mol. The van der Waals surface area contributed by atoms with Gasteiger partial charge in [0.15, 0.2) is 0 Å². The van der Waals surface area contributed by atoms with Crippen LogP contribution in [0.15, 0.2) is 18.6 Å².